The number of rotatable bonds is 2. The lowest BCUT2D eigenvalue weighted by molar-refractivity contribution is 0.189. The molecular formula is C14H21N5O. The summed E-state index contributed by atoms with van der Waals surface area (Å²) >= 11 is 0. The van der Waals surface area contributed by atoms with Gasteiger partial charge in [-0.15, -0.1) is 0 Å². The maximum absolute atomic E-state index is 12.3. The molecule has 2 amide bonds. The van der Waals surface area contributed by atoms with Gasteiger partial charge in [-0.2, -0.15) is 10.4 Å². The highest BCUT2D eigenvalue weighted by Crippen LogP contribution is 2.14. The molecule has 1 N–H and O–H groups in total. The number of aryl methyl sites for hydroxylation is 1. The summed E-state index contributed by atoms with van der Waals surface area (Å²) in [5.74, 6) is 0.404. The molecule has 1 atom stereocenters. The van der Waals surface area contributed by atoms with E-state index >= 15 is 0 Å². The molecule has 0 aromatic carbocycles. The fourth-order valence-corrected chi connectivity index (χ4v) is 2.14. The topological polar surface area (TPSA) is 74.0 Å². The van der Waals surface area contributed by atoms with Crippen molar-refractivity contribution < 1.29 is 4.79 Å². The molecule has 0 bridgehead atoms. The first-order valence-electron chi connectivity index (χ1n) is 7.03. The summed E-state index contributed by atoms with van der Waals surface area (Å²) < 4.78 is 1.83. The molecule has 0 unspecified atom stereocenters. The van der Waals surface area contributed by atoms with E-state index in [4.69, 9.17) is 5.26 Å². The Balaban J connectivity index is 2.07. The maximum Gasteiger partial charge on any atom is 0.317 e. The Labute approximate surface area is 119 Å². The molecule has 1 aliphatic rings. The average molecular weight is 275 g/mol. The lowest BCUT2D eigenvalue weighted by Gasteiger charge is -2.25. The molecule has 1 aliphatic heterocycles. The monoisotopic (exact) mass is 275 g/mol. The third kappa shape index (κ3) is 3.10. The standard InChI is InChI=1S/C14H21N5O/c1-10(2)11(3)16-14(20)18-5-4-6-19-13(9-18)7-12(8-15)17-19/h7,10-11H,4-6,9H2,1-3H3,(H,16,20)/t11-/m1/s1. The molecular weight excluding hydrogens is 254 g/mol. The summed E-state index contributed by atoms with van der Waals surface area (Å²) in [6, 6.07) is 3.91. The Morgan fingerprint density at radius 2 is 2.20 bits per heavy atom. The molecule has 0 radical (unpaired) electrons. The van der Waals surface area contributed by atoms with Crippen LogP contribution >= 0.6 is 0 Å². The second kappa shape index (κ2) is 5.95. The predicted molar refractivity (Wildman–Crippen MR) is 74.8 cm³/mol. The van der Waals surface area contributed by atoms with E-state index < -0.39 is 0 Å². The van der Waals surface area contributed by atoms with Crippen LogP contribution in [0.3, 0.4) is 0 Å². The first-order chi connectivity index (χ1) is 9.51. The Morgan fingerprint density at radius 1 is 1.45 bits per heavy atom. The van der Waals surface area contributed by atoms with Crippen molar-refractivity contribution in [3.05, 3.63) is 17.5 Å². The number of aromatic nitrogens is 2. The van der Waals surface area contributed by atoms with Crippen LogP contribution in [0.25, 0.3) is 0 Å². The van der Waals surface area contributed by atoms with Crippen molar-refractivity contribution in [1.82, 2.24) is 20.0 Å². The van der Waals surface area contributed by atoms with Crippen molar-refractivity contribution in [3.8, 4) is 6.07 Å². The quantitative estimate of drug-likeness (QED) is 0.893. The van der Waals surface area contributed by atoms with Gasteiger partial charge in [0.15, 0.2) is 5.69 Å². The summed E-state index contributed by atoms with van der Waals surface area (Å²) in [4.78, 5) is 14.1. The number of nitrogens with one attached hydrogen (secondary N) is 1. The zero-order valence-corrected chi connectivity index (χ0v) is 12.3. The van der Waals surface area contributed by atoms with E-state index in [2.05, 4.69) is 24.3 Å². The van der Waals surface area contributed by atoms with Crippen molar-refractivity contribution in [2.75, 3.05) is 6.54 Å². The molecule has 0 saturated heterocycles. The van der Waals surface area contributed by atoms with Crippen molar-refractivity contribution in [1.29, 1.82) is 5.26 Å². The highest BCUT2D eigenvalue weighted by Gasteiger charge is 2.22. The van der Waals surface area contributed by atoms with Crippen molar-refractivity contribution in [3.63, 3.8) is 0 Å². The van der Waals surface area contributed by atoms with E-state index in [-0.39, 0.29) is 12.1 Å². The van der Waals surface area contributed by atoms with Crippen LogP contribution in [0.1, 0.15) is 38.6 Å². The highest BCUT2D eigenvalue weighted by atomic mass is 16.2. The second-order valence-electron chi connectivity index (χ2n) is 5.61. The number of carbonyl (C=O) groups excluding carboxylic acids is 1. The van der Waals surface area contributed by atoms with Gasteiger partial charge in [0.05, 0.1) is 12.2 Å². The van der Waals surface area contributed by atoms with Crippen LogP contribution < -0.4 is 5.32 Å². The lowest BCUT2D eigenvalue weighted by Crippen LogP contribution is -2.45. The van der Waals surface area contributed by atoms with Gasteiger partial charge in [0.25, 0.3) is 0 Å². The Bertz CT molecular complexity index is 528. The van der Waals surface area contributed by atoms with E-state index in [9.17, 15) is 4.79 Å². The van der Waals surface area contributed by atoms with Crippen molar-refractivity contribution >= 4 is 6.03 Å². The molecule has 0 spiro atoms. The number of hydrogen-bond donors (Lipinski definition) is 1. The van der Waals surface area contributed by atoms with Crippen LogP contribution in [-0.4, -0.2) is 33.3 Å². The van der Waals surface area contributed by atoms with Crippen molar-refractivity contribution in [2.24, 2.45) is 5.92 Å². The minimum absolute atomic E-state index is 0.0423. The first kappa shape index (κ1) is 14.4. The van der Waals surface area contributed by atoms with Gasteiger partial charge < -0.3 is 10.2 Å². The maximum atomic E-state index is 12.3. The third-order valence-corrected chi connectivity index (χ3v) is 3.77. The van der Waals surface area contributed by atoms with E-state index in [1.54, 1.807) is 11.0 Å². The van der Waals surface area contributed by atoms with Crippen LogP contribution in [0.4, 0.5) is 4.79 Å². The lowest BCUT2D eigenvalue weighted by atomic mass is 10.1. The van der Waals surface area contributed by atoms with Gasteiger partial charge in [0.2, 0.25) is 0 Å². The summed E-state index contributed by atoms with van der Waals surface area (Å²) in [6.45, 7) is 8.15. The largest absolute Gasteiger partial charge is 0.335 e. The summed E-state index contributed by atoms with van der Waals surface area (Å²) in [5, 5.41) is 16.1. The number of amides is 2. The Hall–Kier alpha value is -2.03. The van der Waals surface area contributed by atoms with Crippen LogP contribution in [-0.2, 0) is 13.1 Å². The normalized spacial score (nSPS) is 16.2. The number of fused-ring (bicyclic) bond motifs is 1. The molecule has 6 heteroatoms. The molecule has 1 aromatic rings. The van der Waals surface area contributed by atoms with Gasteiger partial charge >= 0.3 is 6.03 Å². The third-order valence-electron chi connectivity index (χ3n) is 3.77. The van der Waals surface area contributed by atoms with Crippen LogP contribution in [0, 0.1) is 17.2 Å². The van der Waals surface area contributed by atoms with Gasteiger partial charge in [-0.3, -0.25) is 4.68 Å². The zero-order chi connectivity index (χ0) is 14.7. The van der Waals surface area contributed by atoms with Crippen LogP contribution in [0.2, 0.25) is 0 Å². The van der Waals surface area contributed by atoms with Crippen molar-refractivity contribution in [2.45, 2.75) is 46.3 Å². The van der Waals surface area contributed by atoms with Gasteiger partial charge in [0.1, 0.15) is 6.07 Å². The van der Waals surface area contributed by atoms with E-state index in [0.29, 0.717) is 24.7 Å². The summed E-state index contributed by atoms with van der Waals surface area (Å²) in [5.41, 5.74) is 1.34. The van der Waals surface area contributed by atoms with E-state index in [1.807, 2.05) is 17.7 Å². The van der Waals surface area contributed by atoms with Gasteiger partial charge in [0, 0.05) is 19.1 Å². The molecule has 0 saturated carbocycles. The summed E-state index contributed by atoms with van der Waals surface area (Å²) in [6.07, 6.45) is 0.850. The smallest absolute Gasteiger partial charge is 0.317 e. The highest BCUT2D eigenvalue weighted by molar-refractivity contribution is 5.74. The number of nitrogens with zero attached hydrogens (tertiary/aromatic N) is 4. The van der Waals surface area contributed by atoms with Crippen LogP contribution in [0.5, 0.6) is 0 Å². The molecule has 2 heterocycles. The first-order valence-corrected chi connectivity index (χ1v) is 7.03. The van der Waals surface area contributed by atoms with Crippen LogP contribution in [0.15, 0.2) is 6.07 Å². The zero-order valence-electron chi connectivity index (χ0n) is 12.3. The molecule has 1 aromatic heterocycles. The molecule has 108 valence electrons. The minimum atomic E-state index is -0.0423. The molecule has 2 rings (SSSR count). The fourth-order valence-electron chi connectivity index (χ4n) is 2.14. The number of nitriles is 1. The number of hydrogen-bond acceptors (Lipinski definition) is 3. The molecule has 0 aliphatic carbocycles. The minimum Gasteiger partial charge on any atom is -0.335 e. The van der Waals surface area contributed by atoms with Gasteiger partial charge in [-0.25, -0.2) is 4.79 Å². The average Bonchev–Trinajstić information content (AvgIpc) is 2.69. The fraction of sp³-hybridized carbons (Fsp3) is 0.643. The second-order valence-corrected chi connectivity index (χ2v) is 5.61. The molecule has 0 fully saturated rings. The Kier molecular flexibility index (Phi) is 4.28. The predicted octanol–water partition coefficient (Wildman–Crippen LogP) is 1.71. The molecule has 20 heavy (non-hydrogen) atoms. The van der Waals surface area contributed by atoms with Gasteiger partial charge in [-0.1, -0.05) is 13.8 Å². The number of carbonyl (C=O) groups is 1. The van der Waals surface area contributed by atoms with E-state index in [0.717, 1.165) is 18.7 Å². The summed E-state index contributed by atoms with van der Waals surface area (Å²) in [7, 11) is 0. The SMILES string of the molecule is CC(C)[C@@H](C)NC(=O)N1CCCn2nc(C#N)cc2C1. The van der Waals surface area contributed by atoms with E-state index in [1.165, 1.54) is 0 Å². The van der Waals surface area contributed by atoms with Gasteiger partial charge in [-0.05, 0) is 25.3 Å². The Morgan fingerprint density at radius 3 is 2.85 bits per heavy atom. The molecule has 6 nitrogen and oxygen atoms in total. The number of urea groups is 1.